The van der Waals surface area contributed by atoms with Gasteiger partial charge in [0, 0.05) is 24.2 Å². The van der Waals surface area contributed by atoms with E-state index in [1.54, 1.807) is 13.2 Å². The maximum Gasteiger partial charge on any atom is 0.259 e. The van der Waals surface area contributed by atoms with Crippen molar-refractivity contribution in [3.05, 3.63) is 51.9 Å². The lowest BCUT2D eigenvalue weighted by molar-refractivity contribution is 0.887. The van der Waals surface area contributed by atoms with Crippen molar-refractivity contribution in [3.8, 4) is 11.1 Å². The molecule has 3 aromatic rings. The van der Waals surface area contributed by atoms with Gasteiger partial charge in [-0.05, 0) is 36.6 Å². The zero-order valence-corrected chi connectivity index (χ0v) is 12.2. The van der Waals surface area contributed by atoms with Crippen molar-refractivity contribution in [1.82, 2.24) is 14.5 Å². The highest BCUT2D eigenvalue weighted by molar-refractivity contribution is 5.83. The number of rotatable bonds is 1. The molecule has 0 radical (unpaired) electrons. The van der Waals surface area contributed by atoms with E-state index in [0.29, 0.717) is 11.2 Å². The van der Waals surface area contributed by atoms with Gasteiger partial charge in [0.05, 0.1) is 0 Å². The summed E-state index contributed by atoms with van der Waals surface area (Å²) in [5, 5.41) is 0.795. The molecule has 21 heavy (non-hydrogen) atoms. The van der Waals surface area contributed by atoms with Gasteiger partial charge in [0.25, 0.3) is 5.56 Å². The number of nitrogens with zero attached hydrogens (tertiary/aromatic N) is 3. The van der Waals surface area contributed by atoms with Gasteiger partial charge in [0.1, 0.15) is 5.65 Å². The summed E-state index contributed by atoms with van der Waals surface area (Å²) in [4.78, 5) is 20.8. The van der Waals surface area contributed by atoms with E-state index < -0.39 is 0 Å². The molecule has 5 nitrogen and oxygen atoms in total. The molecular formula is C16H16N4O. The van der Waals surface area contributed by atoms with E-state index in [-0.39, 0.29) is 11.5 Å². The van der Waals surface area contributed by atoms with Crippen LogP contribution in [0.15, 0.2) is 35.3 Å². The number of anilines is 1. The van der Waals surface area contributed by atoms with Gasteiger partial charge in [-0.2, -0.15) is 4.98 Å². The monoisotopic (exact) mass is 280 g/mol. The van der Waals surface area contributed by atoms with Gasteiger partial charge >= 0.3 is 0 Å². The molecule has 0 unspecified atom stereocenters. The molecule has 0 atom stereocenters. The third-order valence-electron chi connectivity index (χ3n) is 3.72. The Hall–Kier alpha value is -2.69. The Morgan fingerprint density at radius 2 is 1.86 bits per heavy atom. The van der Waals surface area contributed by atoms with Crippen molar-refractivity contribution in [1.29, 1.82) is 0 Å². The first-order valence-electron chi connectivity index (χ1n) is 6.68. The van der Waals surface area contributed by atoms with Crippen LogP contribution in [0.3, 0.4) is 0 Å². The number of aryl methyl sites for hydroxylation is 3. The fraction of sp³-hybridized carbons (Fsp3) is 0.188. The lowest BCUT2D eigenvalue weighted by Gasteiger charge is -2.12. The third-order valence-corrected chi connectivity index (χ3v) is 3.72. The Labute approximate surface area is 122 Å². The van der Waals surface area contributed by atoms with Gasteiger partial charge in [-0.15, -0.1) is 0 Å². The number of hydrogen-bond acceptors (Lipinski definition) is 4. The predicted molar refractivity (Wildman–Crippen MR) is 84.1 cm³/mol. The van der Waals surface area contributed by atoms with Crippen molar-refractivity contribution in [2.24, 2.45) is 7.05 Å². The molecule has 2 aromatic heterocycles. The first-order chi connectivity index (χ1) is 9.99. The van der Waals surface area contributed by atoms with E-state index in [1.807, 2.05) is 38.1 Å². The Kier molecular flexibility index (Phi) is 2.97. The molecule has 0 fully saturated rings. The smallest absolute Gasteiger partial charge is 0.259 e. The van der Waals surface area contributed by atoms with Gasteiger partial charge in [0.15, 0.2) is 0 Å². The van der Waals surface area contributed by atoms with Gasteiger partial charge in [0.2, 0.25) is 5.95 Å². The van der Waals surface area contributed by atoms with Crippen LogP contribution in [0.4, 0.5) is 5.95 Å². The molecule has 0 spiro atoms. The first kappa shape index (κ1) is 13.3. The second kappa shape index (κ2) is 4.70. The maximum atomic E-state index is 12.7. The molecule has 0 bridgehead atoms. The number of hydrogen-bond donors (Lipinski definition) is 1. The van der Waals surface area contributed by atoms with Crippen LogP contribution in [0, 0.1) is 13.8 Å². The third kappa shape index (κ3) is 2.07. The predicted octanol–water partition coefficient (Wildman–Crippen LogP) is 2.19. The van der Waals surface area contributed by atoms with Crippen LogP contribution >= 0.6 is 0 Å². The van der Waals surface area contributed by atoms with Crippen molar-refractivity contribution >= 4 is 17.0 Å². The Morgan fingerprint density at radius 1 is 1.19 bits per heavy atom. The van der Waals surface area contributed by atoms with Gasteiger partial charge in [-0.3, -0.25) is 9.36 Å². The van der Waals surface area contributed by atoms with Crippen LogP contribution in [-0.2, 0) is 7.05 Å². The number of nitrogen functional groups attached to an aromatic ring is 1. The maximum absolute atomic E-state index is 12.7. The minimum atomic E-state index is -0.0852. The van der Waals surface area contributed by atoms with Crippen LogP contribution in [0.5, 0.6) is 0 Å². The molecule has 0 aliphatic heterocycles. The molecule has 1 aromatic carbocycles. The summed E-state index contributed by atoms with van der Waals surface area (Å²) in [7, 11) is 1.70. The van der Waals surface area contributed by atoms with Crippen molar-refractivity contribution < 1.29 is 0 Å². The normalized spacial score (nSPS) is 11.0. The lowest BCUT2D eigenvalue weighted by atomic mass is 9.96. The molecule has 0 aliphatic carbocycles. The standard InChI is InChI=1S/C16H16N4O/c1-9-5-4-6-10(2)13(9)12-7-11-8-18-16(17)19-14(11)20(3)15(12)21/h4-8H,1-3H3,(H2,17,18,19). The molecular weight excluding hydrogens is 264 g/mol. The van der Waals surface area contributed by atoms with E-state index in [4.69, 9.17) is 5.73 Å². The van der Waals surface area contributed by atoms with Crippen LogP contribution < -0.4 is 11.3 Å². The summed E-state index contributed by atoms with van der Waals surface area (Å²) in [5.41, 5.74) is 9.84. The summed E-state index contributed by atoms with van der Waals surface area (Å²) in [6, 6.07) is 7.84. The van der Waals surface area contributed by atoms with Crippen molar-refractivity contribution in [3.63, 3.8) is 0 Å². The molecule has 2 N–H and O–H groups in total. The molecule has 0 aliphatic rings. The van der Waals surface area contributed by atoms with E-state index in [2.05, 4.69) is 9.97 Å². The van der Waals surface area contributed by atoms with Gasteiger partial charge in [-0.1, -0.05) is 18.2 Å². The molecule has 0 amide bonds. The number of nitrogens with two attached hydrogens (primary N) is 1. The average Bonchev–Trinajstić information content (AvgIpc) is 2.44. The Balaban J connectivity index is 2.42. The second-order valence-corrected chi connectivity index (χ2v) is 5.20. The number of fused-ring (bicyclic) bond motifs is 1. The zero-order valence-electron chi connectivity index (χ0n) is 12.2. The van der Waals surface area contributed by atoms with Crippen molar-refractivity contribution in [2.45, 2.75) is 13.8 Å². The zero-order chi connectivity index (χ0) is 15.1. The molecule has 2 heterocycles. The minimum Gasteiger partial charge on any atom is -0.368 e. The van der Waals surface area contributed by atoms with Gasteiger partial charge in [-0.25, -0.2) is 4.98 Å². The summed E-state index contributed by atoms with van der Waals surface area (Å²) >= 11 is 0. The highest BCUT2D eigenvalue weighted by Gasteiger charge is 2.13. The summed E-state index contributed by atoms with van der Waals surface area (Å²) < 4.78 is 1.52. The van der Waals surface area contributed by atoms with Crippen LogP contribution in [0.2, 0.25) is 0 Å². The number of benzene rings is 1. The second-order valence-electron chi connectivity index (χ2n) is 5.20. The molecule has 3 rings (SSSR count). The lowest BCUT2D eigenvalue weighted by Crippen LogP contribution is -2.20. The average molecular weight is 280 g/mol. The number of pyridine rings is 1. The topological polar surface area (TPSA) is 73.8 Å². The SMILES string of the molecule is Cc1cccc(C)c1-c1cc2cnc(N)nc2n(C)c1=O. The highest BCUT2D eigenvalue weighted by atomic mass is 16.1. The van der Waals surface area contributed by atoms with E-state index in [0.717, 1.165) is 22.1 Å². The highest BCUT2D eigenvalue weighted by Crippen LogP contribution is 2.26. The van der Waals surface area contributed by atoms with E-state index >= 15 is 0 Å². The summed E-state index contributed by atoms with van der Waals surface area (Å²) in [5.74, 6) is 0.164. The fourth-order valence-electron chi connectivity index (χ4n) is 2.68. The quantitative estimate of drug-likeness (QED) is 0.741. The largest absolute Gasteiger partial charge is 0.368 e. The Bertz CT molecular complexity index is 892. The minimum absolute atomic E-state index is 0.0852. The molecule has 5 heteroatoms. The number of aromatic nitrogens is 3. The molecule has 106 valence electrons. The van der Waals surface area contributed by atoms with E-state index in [9.17, 15) is 4.79 Å². The summed E-state index contributed by atoms with van der Waals surface area (Å²) in [6.07, 6.45) is 1.65. The fourth-order valence-corrected chi connectivity index (χ4v) is 2.68. The first-order valence-corrected chi connectivity index (χ1v) is 6.68. The molecule has 0 saturated heterocycles. The van der Waals surface area contributed by atoms with Crippen molar-refractivity contribution in [2.75, 3.05) is 5.73 Å². The Morgan fingerprint density at radius 3 is 2.52 bits per heavy atom. The van der Waals surface area contributed by atoms with Crippen LogP contribution in [0.25, 0.3) is 22.2 Å². The van der Waals surface area contributed by atoms with Gasteiger partial charge < -0.3 is 5.73 Å². The van der Waals surface area contributed by atoms with Crippen LogP contribution in [-0.4, -0.2) is 14.5 Å². The van der Waals surface area contributed by atoms with E-state index in [1.165, 1.54) is 4.57 Å². The summed E-state index contributed by atoms with van der Waals surface area (Å²) in [6.45, 7) is 4.01. The van der Waals surface area contributed by atoms with Crippen LogP contribution in [0.1, 0.15) is 11.1 Å². The molecule has 0 saturated carbocycles.